The lowest BCUT2D eigenvalue weighted by atomic mass is 9.86. The topological polar surface area (TPSA) is 112 Å². The first-order chi connectivity index (χ1) is 39.2. The molecule has 2 atom stereocenters. The highest BCUT2D eigenvalue weighted by Crippen LogP contribution is 2.63. The van der Waals surface area contributed by atoms with Crippen LogP contribution in [-0.2, 0) is 9.13 Å². The molecule has 12 aromatic carbocycles. The van der Waals surface area contributed by atoms with Gasteiger partial charge in [-0.25, -0.2) is 9.13 Å². The molecule has 0 bridgehead atoms. The van der Waals surface area contributed by atoms with Gasteiger partial charge in [0, 0.05) is 33.4 Å². The number of fused-ring (bicyclic) bond motifs is 8. The summed E-state index contributed by atoms with van der Waals surface area (Å²) in [6.45, 7) is 0. The minimum absolute atomic E-state index is 0.0366. The molecule has 0 spiro atoms. The lowest BCUT2D eigenvalue weighted by Gasteiger charge is -2.35. The average molecular weight is 1110 g/mol. The summed E-state index contributed by atoms with van der Waals surface area (Å²) in [5, 5.41) is 10.5. The number of para-hydroxylation sites is 2. The SMILES string of the molecule is O=P1(O)Oc2c(cccc2[Si](c2ccccc2)(c2ccccc2)c2ccccc2)-c2cc3ccccc3c(-c3c4c(cc5ccccc35)-c3cccc([Si](c5ccccc5)(c5ccccc5)c5ccccc5)c3OP(=O)(O)O4)c2O1. The molecule has 8 nitrogen and oxygen atoms in total. The molecule has 0 radical (unpaired) electrons. The first-order valence-corrected chi connectivity index (χ1v) is 33.3. The van der Waals surface area contributed by atoms with E-state index in [2.05, 4.69) is 72.8 Å². The number of hydrogen-bond acceptors (Lipinski definition) is 6. The zero-order valence-corrected chi connectivity index (χ0v) is 46.6. The van der Waals surface area contributed by atoms with Crippen LogP contribution in [0.5, 0.6) is 23.0 Å². The van der Waals surface area contributed by atoms with Crippen molar-refractivity contribution >= 4 is 94.8 Å². The van der Waals surface area contributed by atoms with E-state index in [0.29, 0.717) is 44.2 Å². The third-order valence-electron chi connectivity index (χ3n) is 15.7. The number of phosphoric ester groups is 2. The van der Waals surface area contributed by atoms with Gasteiger partial charge in [-0.3, -0.25) is 9.79 Å². The van der Waals surface area contributed by atoms with E-state index in [-0.39, 0.29) is 23.0 Å². The minimum atomic E-state index is -5.12. The van der Waals surface area contributed by atoms with Crippen molar-refractivity contribution in [2.75, 3.05) is 0 Å². The van der Waals surface area contributed by atoms with Crippen LogP contribution >= 0.6 is 15.6 Å². The van der Waals surface area contributed by atoms with Crippen LogP contribution in [0.25, 0.3) is 54.9 Å². The van der Waals surface area contributed by atoms with Gasteiger partial charge in [0.05, 0.1) is 0 Å². The summed E-state index contributed by atoms with van der Waals surface area (Å²) in [4.78, 5) is 25.0. The molecule has 0 saturated carbocycles. The van der Waals surface area contributed by atoms with E-state index >= 15 is 9.13 Å². The van der Waals surface area contributed by atoms with Gasteiger partial charge in [0.25, 0.3) is 0 Å². The zero-order valence-electron chi connectivity index (χ0n) is 42.8. The van der Waals surface area contributed by atoms with Gasteiger partial charge in [0.15, 0.2) is 16.1 Å². The molecule has 2 unspecified atom stereocenters. The quantitative estimate of drug-likeness (QED) is 0.0835. The third kappa shape index (κ3) is 7.94. The van der Waals surface area contributed by atoms with Crippen molar-refractivity contribution in [2.45, 2.75) is 0 Å². The molecule has 80 heavy (non-hydrogen) atoms. The Morgan fingerprint density at radius 1 is 0.275 bits per heavy atom. The van der Waals surface area contributed by atoms with Crippen LogP contribution in [-0.4, -0.2) is 25.9 Å². The van der Waals surface area contributed by atoms with E-state index in [1.165, 1.54) is 0 Å². The molecule has 0 amide bonds. The smallest absolute Gasteiger partial charge is 0.395 e. The Labute approximate surface area is 464 Å². The number of phosphoric acid groups is 2. The Bertz CT molecular complexity index is 3980. The highest BCUT2D eigenvalue weighted by Gasteiger charge is 2.49. The van der Waals surface area contributed by atoms with Crippen LogP contribution in [0.1, 0.15) is 0 Å². The summed E-state index contributed by atoms with van der Waals surface area (Å²) in [7, 11) is -17.1. The maximum atomic E-state index is 15.3. The molecule has 0 aliphatic carbocycles. The summed E-state index contributed by atoms with van der Waals surface area (Å²) in [5.41, 5.74) is 2.73. The Morgan fingerprint density at radius 2 is 0.537 bits per heavy atom. The highest BCUT2D eigenvalue weighted by atomic mass is 31.2. The van der Waals surface area contributed by atoms with E-state index in [1.807, 2.05) is 206 Å². The second-order valence-electron chi connectivity index (χ2n) is 20.1. The monoisotopic (exact) mass is 1110 g/mol. The van der Waals surface area contributed by atoms with Crippen molar-refractivity contribution in [1.29, 1.82) is 0 Å². The van der Waals surface area contributed by atoms with Gasteiger partial charge in [-0.2, -0.15) is 0 Å². The number of hydrogen-bond donors (Lipinski definition) is 2. The predicted molar refractivity (Wildman–Crippen MR) is 327 cm³/mol. The average Bonchev–Trinajstić information content (AvgIpc) is 3.89. The van der Waals surface area contributed by atoms with Gasteiger partial charge < -0.3 is 18.1 Å². The molecule has 0 aromatic heterocycles. The van der Waals surface area contributed by atoms with Crippen LogP contribution < -0.4 is 59.6 Å². The van der Waals surface area contributed by atoms with Crippen LogP contribution in [0.15, 0.2) is 279 Å². The lowest BCUT2D eigenvalue weighted by molar-refractivity contribution is 0.292. The number of benzene rings is 12. The van der Waals surface area contributed by atoms with Crippen molar-refractivity contribution in [1.82, 2.24) is 0 Å². The highest BCUT2D eigenvalue weighted by molar-refractivity contribution is 7.48. The maximum absolute atomic E-state index is 15.3. The maximum Gasteiger partial charge on any atom is 0.584 e. The molecule has 14 rings (SSSR count). The Balaban J connectivity index is 1.09. The molecule has 0 saturated heterocycles. The fourth-order valence-corrected chi connectivity index (χ4v) is 24.3. The van der Waals surface area contributed by atoms with Gasteiger partial charge in [0.2, 0.25) is 0 Å². The molecule has 2 N–H and O–H groups in total. The van der Waals surface area contributed by atoms with Gasteiger partial charge in [-0.1, -0.05) is 267 Å². The molecule has 2 aliphatic rings. The van der Waals surface area contributed by atoms with Crippen LogP contribution in [0.3, 0.4) is 0 Å². The van der Waals surface area contributed by atoms with Gasteiger partial charge in [-0.05, 0) is 75.2 Å². The molecule has 2 aliphatic heterocycles. The Kier molecular flexibility index (Phi) is 12.1. The van der Waals surface area contributed by atoms with Crippen LogP contribution in [0, 0.1) is 0 Å². The molecule has 386 valence electrons. The summed E-state index contributed by atoms with van der Waals surface area (Å²) >= 11 is 0. The largest absolute Gasteiger partial charge is 0.584 e. The Morgan fingerprint density at radius 3 is 0.838 bits per heavy atom. The number of rotatable bonds is 9. The molecule has 0 fully saturated rings. The normalized spacial score (nSPS) is 16.5. The molecule has 12 aromatic rings. The molecule has 2 heterocycles. The van der Waals surface area contributed by atoms with E-state index in [1.54, 1.807) is 0 Å². The van der Waals surface area contributed by atoms with E-state index < -0.39 is 31.8 Å². The molecule has 12 heteroatoms. The summed E-state index contributed by atoms with van der Waals surface area (Å²) in [5.74, 6) is 0.503. The van der Waals surface area contributed by atoms with E-state index in [4.69, 9.17) is 18.1 Å². The van der Waals surface area contributed by atoms with Gasteiger partial charge >= 0.3 is 15.6 Å². The van der Waals surface area contributed by atoms with Crippen molar-refractivity contribution in [3.8, 4) is 56.4 Å². The molecular weight excluding hydrogens is 1060 g/mol. The summed E-state index contributed by atoms with van der Waals surface area (Å²) in [6.07, 6.45) is 0. The zero-order chi connectivity index (χ0) is 54.1. The van der Waals surface area contributed by atoms with Crippen LogP contribution in [0.2, 0.25) is 0 Å². The van der Waals surface area contributed by atoms with E-state index in [0.717, 1.165) is 52.3 Å². The van der Waals surface area contributed by atoms with Crippen molar-refractivity contribution in [3.63, 3.8) is 0 Å². The van der Waals surface area contributed by atoms with Gasteiger partial charge in [-0.15, -0.1) is 0 Å². The molecular formula is C68H48O8P2Si2. The summed E-state index contributed by atoms with van der Waals surface area (Å²) < 4.78 is 57.1. The minimum Gasteiger partial charge on any atom is -0.395 e. The van der Waals surface area contributed by atoms with Crippen molar-refractivity contribution in [3.05, 3.63) is 279 Å². The fraction of sp³-hybridized carbons (Fsp3) is 0. The van der Waals surface area contributed by atoms with Crippen molar-refractivity contribution in [2.24, 2.45) is 0 Å². The second kappa shape index (κ2) is 19.5. The van der Waals surface area contributed by atoms with Crippen molar-refractivity contribution < 1.29 is 37.0 Å². The first kappa shape index (κ1) is 49.5. The lowest BCUT2D eigenvalue weighted by Crippen LogP contribution is -2.74. The second-order valence-corrected chi connectivity index (χ2v) is 30.2. The fourth-order valence-electron chi connectivity index (χ4n) is 12.6. The van der Waals surface area contributed by atoms with E-state index in [9.17, 15) is 9.79 Å². The predicted octanol–water partition coefficient (Wildman–Crippen LogP) is 11.5. The third-order valence-corrected chi connectivity index (χ3v) is 27.0. The summed E-state index contributed by atoms with van der Waals surface area (Å²) in [6, 6.07) is 93.0. The van der Waals surface area contributed by atoms with Gasteiger partial charge in [0.1, 0.15) is 23.0 Å². The Hall–Kier alpha value is -8.83. The standard InChI is InChI=1S/C68H48O8P2Si2/c69-77(70)73-65-57(41-23-43-61(65)79(49-27-7-1-8-28-49,50-29-9-2-10-30-50)51-31-11-3-12-32-51)59-45-47-25-19-21-39-55(47)63(67(59)75-77)64-56-40-22-20-26-48(56)46-60-58-42-24-44-62(66(58)74-78(71,72)76-68(60)64)80(52-33-13-4-14-34-52,53-35-15-5-16-36-53)54-37-17-6-18-38-54/h1-46H,(H,69,70)(H,71,72). The first-order valence-electron chi connectivity index (χ1n) is 26.3. The van der Waals surface area contributed by atoms with Crippen LogP contribution in [0.4, 0.5) is 0 Å².